The number of oxazole rings is 1. The molecule has 1 aliphatic heterocycles. The monoisotopic (exact) mass is 499 g/mol. The molecular weight excluding hydrogens is 474 g/mol. The van der Waals surface area contributed by atoms with Gasteiger partial charge in [-0.15, -0.1) is 0 Å². The number of likely N-dealkylation sites (N-methyl/N-ethyl adjacent to an activating group) is 1. The van der Waals surface area contributed by atoms with E-state index in [1.54, 1.807) is 6.20 Å². The fraction of sp³-hybridized carbons (Fsp3) is 0.214. The molecule has 0 bridgehead atoms. The number of rotatable bonds is 7. The zero-order chi connectivity index (χ0) is 24.5. The number of anilines is 4. The van der Waals surface area contributed by atoms with Crippen LogP contribution in [-0.2, 0) is 0 Å². The standard InChI is InChI=1S/C28H26ClN5O2/c1-34-14-4-5-20(34)17-35-27-16-19(8-10-22(27)29)32-28-33-25-15-18(9-11-26(25)36-28)31-24-12-13-30-23-7-3-2-6-21(23)24/h2-3,6-13,15-16,20H,4-5,14,17H2,1H3,(H,30,31)(H,32,33)/t20-/m0/s1. The largest absolute Gasteiger partial charge is 0.490 e. The summed E-state index contributed by atoms with van der Waals surface area (Å²) in [5, 5.41) is 8.35. The summed E-state index contributed by atoms with van der Waals surface area (Å²) in [6.07, 6.45) is 4.15. The number of hydrogen-bond acceptors (Lipinski definition) is 7. The second kappa shape index (κ2) is 9.68. The molecule has 0 unspecified atom stereocenters. The summed E-state index contributed by atoms with van der Waals surface area (Å²) in [7, 11) is 2.13. The lowest BCUT2D eigenvalue weighted by Crippen LogP contribution is -2.30. The first kappa shape index (κ1) is 22.6. The van der Waals surface area contributed by atoms with Gasteiger partial charge in [0.2, 0.25) is 0 Å². The summed E-state index contributed by atoms with van der Waals surface area (Å²) in [6, 6.07) is 22.3. The topological polar surface area (TPSA) is 75.5 Å². The Balaban J connectivity index is 1.19. The number of ether oxygens (including phenoxy) is 1. The Morgan fingerprint density at radius 3 is 2.78 bits per heavy atom. The van der Waals surface area contributed by atoms with Crippen LogP contribution in [0.15, 0.2) is 77.3 Å². The van der Waals surface area contributed by atoms with Crippen molar-refractivity contribution in [3.05, 3.63) is 77.9 Å². The molecule has 182 valence electrons. The molecule has 2 aromatic heterocycles. The van der Waals surface area contributed by atoms with Crippen molar-refractivity contribution in [1.29, 1.82) is 0 Å². The van der Waals surface area contributed by atoms with Crippen molar-refractivity contribution < 1.29 is 9.15 Å². The molecular formula is C28H26ClN5O2. The summed E-state index contributed by atoms with van der Waals surface area (Å²) in [5.74, 6) is 0.647. The van der Waals surface area contributed by atoms with Gasteiger partial charge in [0.1, 0.15) is 17.9 Å². The number of halogens is 1. The molecule has 36 heavy (non-hydrogen) atoms. The van der Waals surface area contributed by atoms with Crippen LogP contribution in [0, 0.1) is 0 Å². The molecule has 0 saturated carbocycles. The van der Waals surface area contributed by atoms with E-state index in [1.807, 2.05) is 60.7 Å². The first-order valence-corrected chi connectivity index (χ1v) is 12.4. The molecule has 0 amide bonds. The summed E-state index contributed by atoms with van der Waals surface area (Å²) < 4.78 is 12.0. The Hall–Kier alpha value is -3.81. The molecule has 7 nitrogen and oxygen atoms in total. The molecule has 3 heterocycles. The first-order chi connectivity index (χ1) is 17.6. The molecule has 8 heteroatoms. The highest BCUT2D eigenvalue weighted by atomic mass is 35.5. The number of benzene rings is 3. The molecule has 0 spiro atoms. The number of nitrogens with zero attached hydrogens (tertiary/aromatic N) is 3. The lowest BCUT2D eigenvalue weighted by atomic mass is 10.2. The zero-order valence-electron chi connectivity index (χ0n) is 19.9. The lowest BCUT2D eigenvalue weighted by molar-refractivity contribution is 0.198. The number of hydrogen-bond donors (Lipinski definition) is 2. The quantitative estimate of drug-likeness (QED) is 0.250. The van der Waals surface area contributed by atoms with Crippen LogP contribution in [-0.4, -0.2) is 41.1 Å². The van der Waals surface area contributed by atoms with Crippen molar-refractivity contribution in [1.82, 2.24) is 14.9 Å². The van der Waals surface area contributed by atoms with Crippen LogP contribution < -0.4 is 15.4 Å². The average molecular weight is 500 g/mol. The van der Waals surface area contributed by atoms with Gasteiger partial charge < -0.3 is 24.7 Å². The maximum atomic E-state index is 6.39. The first-order valence-electron chi connectivity index (χ1n) is 12.0. The van der Waals surface area contributed by atoms with Gasteiger partial charge in [-0.2, -0.15) is 4.98 Å². The number of aromatic nitrogens is 2. The summed E-state index contributed by atoms with van der Waals surface area (Å²) in [4.78, 5) is 11.4. The van der Waals surface area contributed by atoms with Crippen molar-refractivity contribution in [2.75, 3.05) is 30.8 Å². The molecule has 0 radical (unpaired) electrons. The molecule has 5 aromatic rings. The Labute approximate surface area is 214 Å². The van der Waals surface area contributed by atoms with E-state index >= 15 is 0 Å². The van der Waals surface area contributed by atoms with E-state index in [2.05, 4.69) is 38.6 Å². The molecule has 1 fully saturated rings. The molecule has 0 aliphatic carbocycles. The maximum Gasteiger partial charge on any atom is 0.300 e. The van der Waals surface area contributed by atoms with Gasteiger partial charge in [0.25, 0.3) is 6.01 Å². The molecule has 1 saturated heterocycles. The van der Waals surface area contributed by atoms with Gasteiger partial charge in [-0.1, -0.05) is 29.8 Å². The van der Waals surface area contributed by atoms with Gasteiger partial charge in [0, 0.05) is 40.8 Å². The van der Waals surface area contributed by atoms with E-state index < -0.39 is 0 Å². The van der Waals surface area contributed by atoms with Crippen molar-refractivity contribution >= 4 is 56.7 Å². The second-order valence-corrected chi connectivity index (χ2v) is 9.47. The fourth-order valence-corrected chi connectivity index (χ4v) is 4.78. The number of pyridine rings is 1. The highest BCUT2D eigenvalue weighted by Crippen LogP contribution is 2.32. The van der Waals surface area contributed by atoms with Crippen molar-refractivity contribution in [2.45, 2.75) is 18.9 Å². The fourth-order valence-electron chi connectivity index (χ4n) is 4.61. The smallest absolute Gasteiger partial charge is 0.300 e. The molecule has 1 aliphatic rings. The van der Waals surface area contributed by atoms with Crippen LogP contribution in [0.3, 0.4) is 0 Å². The van der Waals surface area contributed by atoms with Gasteiger partial charge in [0.15, 0.2) is 5.58 Å². The Kier molecular flexibility index (Phi) is 6.09. The van der Waals surface area contributed by atoms with Crippen molar-refractivity contribution in [3.63, 3.8) is 0 Å². The van der Waals surface area contributed by atoms with Crippen LogP contribution in [0.1, 0.15) is 12.8 Å². The van der Waals surface area contributed by atoms with Crippen LogP contribution in [0.4, 0.5) is 23.1 Å². The van der Waals surface area contributed by atoms with Crippen LogP contribution in [0.5, 0.6) is 5.75 Å². The lowest BCUT2D eigenvalue weighted by Gasteiger charge is -2.20. The van der Waals surface area contributed by atoms with E-state index in [0.29, 0.717) is 35.0 Å². The highest BCUT2D eigenvalue weighted by Gasteiger charge is 2.21. The van der Waals surface area contributed by atoms with Crippen LogP contribution >= 0.6 is 11.6 Å². The zero-order valence-corrected chi connectivity index (χ0v) is 20.6. The number of para-hydroxylation sites is 1. The summed E-state index contributed by atoms with van der Waals surface area (Å²) >= 11 is 6.39. The Morgan fingerprint density at radius 1 is 1.03 bits per heavy atom. The van der Waals surface area contributed by atoms with Gasteiger partial charge in [-0.3, -0.25) is 4.98 Å². The SMILES string of the molecule is CN1CCC[C@H]1COc1cc(Nc2nc3cc(Nc4ccnc5ccccc45)ccc3o2)ccc1Cl. The summed E-state index contributed by atoms with van der Waals surface area (Å²) in [5.41, 5.74) is 5.07. The van der Waals surface area contributed by atoms with Crippen LogP contribution in [0.25, 0.3) is 22.0 Å². The van der Waals surface area contributed by atoms with Gasteiger partial charge in [-0.05, 0) is 68.9 Å². The maximum absolute atomic E-state index is 6.39. The van der Waals surface area contributed by atoms with E-state index in [9.17, 15) is 0 Å². The Bertz CT molecular complexity index is 1530. The third kappa shape index (κ3) is 4.67. The van der Waals surface area contributed by atoms with Gasteiger partial charge >= 0.3 is 0 Å². The summed E-state index contributed by atoms with van der Waals surface area (Å²) in [6.45, 7) is 1.72. The molecule has 6 rings (SSSR count). The minimum atomic E-state index is 0.403. The number of fused-ring (bicyclic) bond motifs is 2. The van der Waals surface area contributed by atoms with E-state index in [0.717, 1.165) is 46.4 Å². The predicted octanol–water partition coefficient (Wildman–Crippen LogP) is 6.99. The predicted molar refractivity (Wildman–Crippen MR) is 145 cm³/mol. The van der Waals surface area contributed by atoms with E-state index in [4.69, 9.17) is 20.8 Å². The van der Waals surface area contributed by atoms with Gasteiger partial charge in [-0.25, -0.2) is 0 Å². The van der Waals surface area contributed by atoms with Crippen molar-refractivity contribution in [3.8, 4) is 5.75 Å². The molecule has 1 atom stereocenters. The normalized spacial score (nSPS) is 16.0. The number of likely N-dealkylation sites (tertiary alicyclic amines) is 1. The third-order valence-electron chi connectivity index (χ3n) is 6.60. The average Bonchev–Trinajstić information content (AvgIpc) is 3.49. The minimum absolute atomic E-state index is 0.403. The van der Waals surface area contributed by atoms with Crippen molar-refractivity contribution in [2.24, 2.45) is 0 Å². The molecule has 3 aromatic carbocycles. The highest BCUT2D eigenvalue weighted by molar-refractivity contribution is 6.32. The number of nitrogens with one attached hydrogen (secondary N) is 2. The minimum Gasteiger partial charge on any atom is -0.490 e. The van der Waals surface area contributed by atoms with Gasteiger partial charge in [0.05, 0.1) is 10.5 Å². The second-order valence-electron chi connectivity index (χ2n) is 9.06. The van der Waals surface area contributed by atoms with Crippen LogP contribution in [0.2, 0.25) is 5.02 Å². The van der Waals surface area contributed by atoms with E-state index in [-0.39, 0.29) is 0 Å². The Morgan fingerprint density at radius 2 is 1.89 bits per heavy atom. The van der Waals surface area contributed by atoms with E-state index in [1.165, 1.54) is 6.42 Å². The molecule has 2 N–H and O–H groups in total. The third-order valence-corrected chi connectivity index (χ3v) is 6.91.